The molecule has 35 heavy (non-hydrogen) atoms. The molecule has 1 atom stereocenters. The van der Waals surface area contributed by atoms with Crippen LogP contribution in [0, 0.1) is 11.8 Å². The molecule has 3 nitrogen and oxygen atoms in total. The molecule has 0 aromatic carbocycles. The van der Waals surface area contributed by atoms with Gasteiger partial charge in [0.25, 0.3) is 0 Å². The molecule has 1 aliphatic carbocycles. The third kappa shape index (κ3) is 14.3. The molecular formula is C32H57NO2. The largest absolute Gasteiger partial charge is 0.282 e. The number of amides is 2. The van der Waals surface area contributed by atoms with Gasteiger partial charge >= 0.3 is 0 Å². The van der Waals surface area contributed by atoms with E-state index in [4.69, 9.17) is 0 Å². The zero-order valence-corrected chi connectivity index (χ0v) is 23.1. The predicted molar refractivity (Wildman–Crippen MR) is 149 cm³/mol. The summed E-state index contributed by atoms with van der Waals surface area (Å²) in [5.74, 6) is 1.60. The van der Waals surface area contributed by atoms with Gasteiger partial charge in [-0.2, -0.15) is 0 Å². The lowest BCUT2D eigenvalue weighted by Crippen LogP contribution is -2.37. The van der Waals surface area contributed by atoms with Gasteiger partial charge < -0.3 is 0 Å². The SMILES string of the molecule is C=CCCN1C(=O)CCCCC(CCCCCCCCCCCCCCC2CCCCC2)CC1=O. The quantitative estimate of drug-likeness (QED) is 0.110. The average Bonchev–Trinajstić information content (AvgIpc) is 2.93. The number of unbranched alkanes of at least 4 members (excludes halogenated alkanes) is 11. The molecule has 0 N–H and O–H groups in total. The first-order chi connectivity index (χ1) is 17.2. The molecule has 2 amide bonds. The van der Waals surface area contributed by atoms with Gasteiger partial charge in [-0.3, -0.25) is 14.5 Å². The number of nitrogens with zero attached hydrogens (tertiary/aromatic N) is 1. The maximum atomic E-state index is 12.7. The molecule has 2 rings (SSSR count). The van der Waals surface area contributed by atoms with Crippen LogP contribution < -0.4 is 0 Å². The summed E-state index contributed by atoms with van der Waals surface area (Å²) in [5.41, 5.74) is 0. The third-order valence-corrected chi connectivity index (χ3v) is 8.57. The van der Waals surface area contributed by atoms with E-state index in [1.54, 1.807) is 6.08 Å². The number of hydrogen-bond donors (Lipinski definition) is 0. The molecular weight excluding hydrogens is 430 g/mol. The fraction of sp³-hybridized carbons (Fsp3) is 0.875. The molecule has 0 aromatic heterocycles. The fourth-order valence-corrected chi connectivity index (χ4v) is 6.27. The van der Waals surface area contributed by atoms with Crippen molar-refractivity contribution in [3.8, 4) is 0 Å². The summed E-state index contributed by atoms with van der Waals surface area (Å²) >= 11 is 0. The molecule has 202 valence electrons. The highest BCUT2D eigenvalue weighted by molar-refractivity contribution is 5.95. The topological polar surface area (TPSA) is 37.4 Å². The first kappa shape index (κ1) is 30.1. The Morgan fingerprint density at radius 3 is 1.69 bits per heavy atom. The van der Waals surface area contributed by atoms with Gasteiger partial charge in [0.05, 0.1) is 0 Å². The minimum Gasteiger partial charge on any atom is -0.282 e. The Kier molecular flexibility index (Phi) is 17.2. The molecule has 1 heterocycles. The third-order valence-electron chi connectivity index (χ3n) is 8.57. The molecule has 0 aromatic rings. The van der Waals surface area contributed by atoms with Crippen molar-refractivity contribution >= 4 is 11.8 Å². The number of carbonyl (C=O) groups excluding carboxylic acids is 2. The lowest BCUT2D eigenvalue weighted by molar-refractivity contribution is -0.145. The van der Waals surface area contributed by atoms with Gasteiger partial charge in [-0.05, 0) is 37.5 Å². The normalized spacial score (nSPS) is 20.5. The van der Waals surface area contributed by atoms with E-state index in [1.807, 2.05) is 0 Å². The van der Waals surface area contributed by atoms with E-state index >= 15 is 0 Å². The van der Waals surface area contributed by atoms with E-state index in [2.05, 4.69) is 6.58 Å². The highest BCUT2D eigenvalue weighted by Gasteiger charge is 2.25. The van der Waals surface area contributed by atoms with Crippen LogP contribution in [0.4, 0.5) is 0 Å². The van der Waals surface area contributed by atoms with Gasteiger partial charge in [0.1, 0.15) is 0 Å². The van der Waals surface area contributed by atoms with Crippen LogP contribution in [0.2, 0.25) is 0 Å². The summed E-state index contributed by atoms with van der Waals surface area (Å²) in [4.78, 5) is 26.6. The van der Waals surface area contributed by atoms with Crippen LogP contribution in [0.5, 0.6) is 0 Å². The first-order valence-electron chi connectivity index (χ1n) is 15.6. The van der Waals surface area contributed by atoms with Crippen molar-refractivity contribution in [1.29, 1.82) is 0 Å². The predicted octanol–water partition coefficient (Wildman–Crippen LogP) is 9.54. The molecule has 0 spiro atoms. The number of rotatable bonds is 18. The Morgan fingerprint density at radius 1 is 0.629 bits per heavy atom. The van der Waals surface area contributed by atoms with Gasteiger partial charge in [0, 0.05) is 19.4 Å². The molecule has 3 heteroatoms. The van der Waals surface area contributed by atoms with E-state index in [-0.39, 0.29) is 11.8 Å². The van der Waals surface area contributed by atoms with Gasteiger partial charge in [-0.1, -0.05) is 128 Å². The fourth-order valence-electron chi connectivity index (χ4n) is 6.27. The lowest BCUT2D eigenvalue weighted by atomic mass is 9.85. The summed E-state index contributed by atoms with van der Waals surface area (Å²) in [7, 11) is 0. The molecule has 0 bridgehead atoms. The molecule has 0 radical (unpaired) electrons. The maximum absolute atomic E-state index is 12.7. The highest BCUT2D eigenvalue weighted by Crippen LogP contribution is 2.28. The van der Waals surface area contributed by atoms with Crippen molar-refractivity contribution in [2.75, 3.05) is 6.54 Å². The van der Waals surface area contributed by atoms with Crippen molar-refractivity contribution in [2.45, 2.75) is 161 Å². The van der Waals surface area contributed by atoms with Gasteiger partial charge in [0.15, 0.2) is 0 Å². The standard InChI is InChI=1S/C32H57NO2/c1-2-3-27-33-31(34)26-20-19-25-30(28-32(33)35)24-16-13-11-9-7-5-4-6-8-10-12-15-21-29-22-17-14-18-23-29/h2,29-30H,1,3-28H2. The van der Waals surface area contributed by atoms with Crippen LogP contribution >= 0.6 is 0 Å². The average molecular weight is 488 g/mol. The minimum absolute atomic E-state index is 0.0205. The Bertz CT molecular complexity index is 566. The monoisotopic (exact) mass is 487 g/mol. The summed E-state index contributed by atoms with van der Waals surface area (Å²) in [6.07, 6.45) is 33.6. The Labute approximate surface area is 217 Å². The van der Waals surface area contributed by atoms with Gasteiger partial charge in [-0.25, -0.2) is 0 Å². The Hall–Kier alpha value is -1.12. The van der Waals surface area contributed by atoms with E-state index in [0.717, 1.165) is 31.6 Å². The second kappa shape index (κ2) is 20.0. The van der Waals surface area contributed by atoms with Crippen molar-refractivity contribution < 1.29 is 9.59 Å². The summed E-state index contributed by atoms with van der Waals surface area (Å²) in [6, 6.07) is 0. The Balaban J connectivity index is 1.40. The van der Waals surface area contributed by atoms with Gasteiger partial charge in [-0.15, -0.1) is 6.58 Å². The number of hydrogen-bond acceptors (Lipinski definition) is 2. The molecule has 1 aliphatic heterocycles. The molecule has 2 aliphatic rings. The molecule has 1 saturated heterocycles. The van der Waals surface area contributed by atoms with Crippen LogP contribution in [-0.2, 0) is 9.59 Å². The summed E-state index contributed by atoms with van der Waals surface area (Å²) in [5, 5.41) is 0. The van der Waals surface area contributed by atoms with Crippen LogP contribution in [0.3, 0.4) is 0 Å². The van der Waals surface area contributed by atoms with Crippen LogP contribution in [-0.4, -0.2) is 23.3 Å². The van der Waals surface area contributed by atoms with Crippen molar-refractivity contribution in [3.05, 3.63) is 12.7 Å². The van der Waals surface area contributed by atoms with E-state index in [1.165, 1.54) is 120 Å². The highest BCUT2D eigenvalue weighted by atomic mass is 16.2. The molecule has 1 saturated carbocycles. The molecule has 2 fully saturated rings. The number of carbonyl (C=O) groups is 2. The van der Waals surface area contributed by atoms with E-state index in [0.29, 0.717) is 31.7 Å². The first-order valence-corrected chi connectivity index (χ1v) is 15.6. The minimum atomic E-state index is 0.0205. The van der Waals surface area contributed by atoms with Crippen molar-refractivity contribution in [1.82, 2.24) is 4.90 Å². The maximum Gasteiger partial charge on any atom is 0.229 e. The second-order valence-corrected chi connectivity index (χ2v) is 11.7. The zero-order valence-electron chi connectivity index (χ0n) is 23.1. The van der Waals surface area contributed by atoms with E-state index < -0.39 is 0 Å². The second-order valence-electron chi connectivity index (χ2n) is 11.7. The lowest BCUT2D eigenvalue weighted by Gasteiger charge is -2.22. The number of imide groups is 1. The van der Waals surface area contributed by atoms with Crippen molar-refractivity contribution in [3.63, 3.8) is 0 Å². The van der Waals surface area contributed by atoms with Crippen LogP contribution in [0.1, 0.15) is 161 Å². The summed E-state index contributed by atoms with van der Waals surface area (Å²) < 4.78 is 0. The Morgan fingerprint density at radius 2 is 1.11 bits per heavy atom. The van der Waals surface area contributed by atoms with Crippen LogP contribution in [0.25, 0.3) is 0 Å². The van der Waals surface area contributed by atoms with E-state index in [9.17, 15) is 9.59 Å². The van der Waals surface area contributed by atoms with Crippen molar-refractivity contribution in [2.24, 2.45) is 11.8 Å². The van der Waals surface area contributed by atoms with Crippen LogP contribution in [0.15, 0.2) is 12.7 Å². The molecule has 1 unspecified atom stereocenters. The zero-order chi connectivity index (χ0) is 25.0. The van der Waals surface area contributed by atoms with Gasteiger partial charge in [0.2, 0.25) is 11.8 Å². The smallest absolute Gasteiger partial charge is 0.229 e. The summed E-state index contributed by atoms with van der Waals surface area (Å²) in [6.45, 7) is 4.24.